The minimum Gasteiger partial charge on any atom is -0.369 e. The average Bonchev–Trinajstić information content (AvgIpc) is 2.42. The van der Waals surface area contributed by atoms with Crippen molar-refractivity contribution < 1.29 is 4.92 Å². The number of nitro benzene ring substituents is 1. The Labute approximate surface area is 116 Å². The molecule has 20 heavy (non-hydrogen) atoms. The number of anilines is 1. The lowest BCUT2D eigenvalue weighted by molar-refractivity contribution is -0.384. The summed E-state index contributed by atoms with van der Waals surface area (Å²) in [7, 11) is 0. The van der Waals surface area contributed by atoms with Crippen LogP contribution in [-0.2, 0) is 0 Å². The lowest BCUT2D eigenvalue weighted by Gasteiger charge is -2.38. The number of fused-ring (bicyclic) bond motifs is 1. The van der Waals surface area contributed by atoms with Crippen LogP contribution in [-0.4, -0.2) is 21.4 Å². The summed E-state index contributed by atoms with van der Waals surface area (Å²) >= 11 is 0. The number of nitrogens with zero attached hydrogens (tertiary/aromatic N) is 3. The first-order valence-electron chi connectivity index (χ1n) is 6.70. The minimum atomic E-state index is -0.399. The van der Waals surface area contributed by atoms with E-state index in [9.17, 15) is 10.1 Å². The summed E-state index contributed by atoms with van der Waals surface area (Å²) in [5.41, 5.74) is 1.09. The van der Waals surface area contributed by atoms with Crippen molar-refractivity contribution in [3.63, 3.8) is 0 Å². The molecule has 0 unspecified atom stereocenters. The maximum Gasteiger partial charge on any atom is 0.270 e. The fourth-order valence-electron chi connectivity index (χ4n) is 2.55. The number of aromatic nitrogens is 2. The average molecular weight is 272 g/mol. The summed E-state index contributed by atoms with van der Waals surface area (Å²) < 4.78 is 0. The van der Waals surface area contributed by atoms with Crippen LogP contribution in [0, 0.1) is 15.5 Å². The highest BCUT2D eigenvalue weighted by atomic mass is 16.6. The van der Waals surface area contributed by atoms with E-state index in [1.165, 1.54) is 37.7 Å². The van der Waals surface area contributed by atoms with Crippen molar-refractivity contribution in [3.05, 3.63) is 34.6 Å². The highest BCUT2D eigenvalue weighted by Crippen LogP contribution is 2.40. The van der Waals surface area contributed by atoms with Crippen LogP contribution in [0.5, 0.6) is 0 Å². The highest BCUT2D eigenvalue weighted by Gasteiger charge is 2.31. The fraction of sp³-hybridized carbons (Fsp3) is 0.429. The Balaban J connectivity index is 1.92. The van der Waals surface area contributed by atoms with E-state index < -0.39 is 4.92 Å². The molecule has 1 fully saturated rings. The normalized spacial score (nSPS) is 16.6. The Morgan fingerprint density at radius 2 is 2.20 bits per heavy atom. The largest absolute Gasteiger partial charge is 0.369 e. The molecule has 1 aromatic carbocycles. The highest BCUT2D eigenvalue weighted by molar-refractivity contribution is 5.90. The van der Waals surface area contributed by atoms with Crippen LogP contribution in [0.25, 0.3) is 10.9 Å². The van der Waals surface area contributed by atoms with Gasteiger partial charge in [-0.05, 0) is 24.3 Å². The van der Waals surface area contributed by atoms with Crippen LogP contribution < -0.4 is 5.32 Å². The molecular formula is C14H16N4O2. The van der Waals surface area contributed by atoms with Gasteiger partial charge in [0.2, 0.25) is 0 Å². The smallest absolute Gasteiger partial charge is 0.270 e. The first kappa shape index (κ1) is 12.8. The van der Waals surface area contributed by atoms with Gasteiger partial charge in [0, 0.05) is 24.1 Å². The third-order valence-corrected chi connectivity index (χ3v) is 4.07. The summed E-state index contributed by atoms with van der Waals surface area (Å²) in [6, 6.07) is 4.65. The molecule has 0 radical (unpaired) electrons. The van der Waals surface area contributed by atoms with E-state index >= 15 is 0 Å². The van der Waals surface area contributed by atoms with Crippen molar-refractivity contribution in [3.8, 4) is 0 Å². The summed E-state index contributed by atoms with van der Waals surface area (Å²) in [5.74, 6) is 0.673. The fourth-order valence-corrected chi connectivity index (χ4v) is 2.55. The van der Waals surface area contributed by atoms with Crippen molar-refractivity contribution >= 4 is 22.4 Å². The van der Waals surface area contributed by atoms with Gasteiger partial charge >= 0.3 is 0 Å². The number of hydrogen-bond acceptors (Lipinski definition) is 5. The molecule has 1 aliphatic rings. The maximum absolute atomic E-state index is 10.9. The molecule has 1 aromatic heterocycles. The topological polar surface area (TPSA) is 81.0 Å². The van der Waals surface area contributed by atoms with Crippen LogP contribution in [0.4, 0.5) is 11.5 Å². The zero-order valence-corrected chi connectivity index (χ0v) is 11.3. The number of nitro groups is 1. The molecule has 0 amide bonds. The number of rotatable bonds is 4. The van der Waals surface area contributed by atoms with Crippen molar-refractivity contribution in [2.75, 3.05) is 11.9 Å². The quantitative estimate of drug-likeness (QED) is 0.683. The standard InChI is InChI=1S/C14H16N4O2/c1-14(5-2-6-14)8-15-13-11-7-10(18(19)20)3-4-12(11)16-9-17-13/h3-4,7,9H,2,5-6,8H2,1H3,(H,15,16,17). The Kier molecular flexibility index (Phi) is 3.00. The Hall–Kier alpha value is -2.24. The van der Waals surface area contributed by atoms with Crippen molar-refractivity contribution in [2.24, 2.45) is 5.41 Å². The van der Waals surface area contributed by atoms with E-state index in [0.717, 1.165) is 6.54 Å². The van der Waals surface area contributed by atoms with Crippen molar-refractivity contribution in [1.82, 2.24) is 9.97 Å². The van der Waals surface area contributed by atoms with E-state index in [1.807, 2.05) is 0 Å². The molecule has 1 N–H and O–H groups in total. The number of non-ortho nitro benzene ring substituents is 1. The van der Waals surface area contributed by atoms with Gasteiger partial charge in [0.15, 0.2) is 0 Å². The number of hydrogen-bond donors (Lipinski definition) is 1. The molecule has 2 aromatic rings. The van der Waals surface area contributed by atoms with E-state index in [4.69, 9.17) is 0 Å². The second-order valence-electron chi connectivity index (χ2n) is 5.70. The van der Waals surface area contributed by atoms with Gasteiger partial charge < -0.3 is 5.32 Å². The molecule has 6 heteroatoms. The van der Waals surface area contributed by atoms with E-state index in [1.54, 1.807) is 6.07 Å². The molecular weight excluding hydrogens is 256 g/mol. The second kappa shape index (κ2) is 4.70. The predicted molar refractivity (Wildman–Crippen MR) is 76.6 cm³/mol. The monoisotopic (exact) mass is 272 g/mol. The minimum absolute atomic E-state index is 0.0604. The molecule has 1 aliphatic carbocycles. The molecule has 0 spiro atoms. The van der Waals surface area contributed by atoms with Gasteiger partial charge in [-0.15, -0.1) is 0 Å². The first-order chi connectivity index (χ1) is 9.57. The lowest BCUT2D eigenvalue weighted by atomic mass is 9.70. The summed E-state index contributed by atoms with van der Waals surface area (Å²) in [4.78, 5) is 18.8. The summed E-state index contributed by atoms with van der Waals surface area (Å²) in [6.45, 7) is 3.08. The maximum atomic E-state index is 10.9. The zero-order chi connectivity index (χ0) is 14.2. The molecule has 0 saturated heterocycles. The first-order valence-corrected chi connectivity index (χ1v) is 6.70. The van der Waals surface area contributed by atoms with Crippen LogP contribution in [0.15, 0.2) is 24.5 Å². The summed E-state index contributed by atoms with van der Waals surface area (Å²) in [5, 5.41) is 14.9. The van der Waals surface area contributed by atoms with E-state index in [0.29, 0.717) is 22.1 Å². The molecule has 0 atom stereocenters. The van der Waals surface area contributed by atoms with Gasteiger partial charge in [0.1, 0.15) is 12.1 Å². The molecule has 3 rings (SSSR count). The third kappa shape index (κ3) is 2.29. The van der Waals surface area contributed by atoms with Crippen LogP contribution in [0.1, 0.15) is 26.2 Å². The molecule has 104 valence electrons. The van der Waals surface area contributed by atoms with Crippen LogP contribution in [0.2, 0.25) is 0 Å². The van der Waals surface area contributed by atoms with Gasteiger partial charge in [-0.2, -0.15) is 0 Å². The SMILES string of the molecule is CC1(CNc2ncnc3ccc([N+](=O)[O-])cc23)CCC1. The second-order valence-corrected chi connectivity index (χ2v) is 5.70. The van der Waals surface area contributed by atoms with Crippen LogP contribution >= 0.6 is 0 Å². The molecule has 1 saturated carbocycles. The van der Waals surface area contributed by atoms with E-state index in [-0.39, 0.29) is 5.69 Å². The van der Waals surface area contributed by atoms with Gasteiger partial charge in [-0.3, -0.25) is 10.1 Å². The van der Waals surface area contributed by atoms with Gasteiger partial charge in [-0.25, -0.2) is 9.97 Å². The van der Waals surface area contributed by atoms with Crippen molar-refractivity contribution in [1.29, 1.82) is 0 Å². The molecule has 0 aliphatic heterocycles. The van der Waals surface area contributed by atoms with Gasteiger partial charge in [0.25, 0.3) is 5.69 Å². The predicted octanol–water partition coefficient (Wildman–Crippen LogP) is 3.14. The number of nitrogens with one attached hydrogen (secondary N) is 1. The summed E-state index contributed by atoms with van der Waals surface area (Å²) in [6.07, 6.45) is 5.18. The van der Waals surface area contributed by atoms with Gasteiger partial charge in [-0.1, -0.05) is 13.3 Å². The molecule has 0 bridgehead atoms. The lowest BCUT2D eigenvalue weighted by Crippen LogP contribution is -2.33. The van der Waals surface area contributed by atoms with E-state index in [2.05, 4.69) is 22.2 Å². The molecule has 1 heterocycles. The Morgan fingerprint density at radius 1 is 1.40 bits per heavy atom. The molecule has 6 nitrogen and oxygen atoms in total. The van der Waals surface area contributed by atoms with Crippen LogP contribution in [0.3, 0.4) is 0 Å². The third-order valence-electron chi connectivity index (χ3n) is 4.07. The number of benzene rings is 1. The Morgan fingerprint density at radius 3 is 2.85 bits per heavy atom. The zero-order valence-electron chi connectivity index (χ0n) is 11.3. The van der Waals surface area contributed by atoms with Crippen molar-refractivity contribution in [2.45, 2.75) is 26.2 Å². The Bertz CT molecular complexity index is 667. The van der Waals surface area contributed by atoms with Gasteiger partial charge in [0.05, 0.1) is 10.4 Å².